The van der Waals surface area contributed by atoms with Crippen LogP contribution in [-0.4, -0.2) is 26.1 Å². The van der Waals surface area contributed by atoms with Crippen LogP contribution in [0, 0.1) is 6.92 Å². The van der Waals surface area contributed by atoms with Gasteiger partial charge < -0.3 is 5.32 Å². The fourth-order valence-corrected chi connectivity index (χ4v) is 2.25. The Morgan fingerprint density at radius 1 is 1.08 bits per heavy atom. The lowest BCUT2D eigenvalue weighted by Crippen LogP contribution is -2.27. The minimum Gasteiger partial charge on any atom is -0.347 e. The first-order valence-electron chi connectivity index (χ1n) is 7.58. The summed E-state index contributed by atoms with van der Waals surface area (Å²) in [6.07, 6.45) is 1.77. The molecule has 0 unspecified atom stereocenters. The Bertz CT molecular complexity index is 840. The van der Waals surface area contributed by atoms with E-state index >= 15 is 0 Å². The summed E-state index contributed by atoms with van der Waals surface area (Å²) in [5.74, 6) is 0.310. The van der Waals surface area contributed by atoms with Crippen LogP contribution in [0.1, 0.15) is 17.0 Å². The highest BCUT2D eigenvalue weighted by Crippen LogP contribution is 2.12. The molecule has 3 rings (SSSR count). The minimum absolute atomic E-state index is 0.238. The summed E-state index contributed by atoms with van der Waals surface area (Å²) in [5, 5.41) is 14.3. The fourth-order valence-electron chi connectivity index (χ4n) is 2.25. The van der Waals surface area contributed by atoms with Crippen molar-refractivity contribution in [3.05, 3.63) is 77.6 Å². The van der Waals surface area contributed by atoms with E-state index in [1.54, 1.807) is 13.0 Å². The first-order chi connectivity index (χ1) is 11.7. The number of carbonyl (C=O) groups is 1. The van der Waals surface area contributed by atoms with E-state index in [1.807, 2.05) is 60.7 Å². The molecule has 3 aromatic rings. The van der Waals surface area contributed by atoms with E-state index in [0.717, 1.165) is 11.1 Å². The maximum absolute atomic E-state index is 12.7. The van der Waals surface area contributed by atoms with Crippen LogP contribution in [0.25, 0.3) is 11.8 Å². The van der Waals surface area contributed by atoms with E-state index in [9.17, 15) is 4.79 Å². The Morgan fingerprint density at radius 2 is 1.75 bits per heavy atom. The molecule has 0 radical (unpaired) electrons. The van der Waals surface area contributed by atoms with E-state index in [-0.39, 0.29) is 5.91 Å². The van der Waals surface area contributed by atoms with Gasteiger partial charge >= 0.3 is 0 Å². The number of rotatable bonds is 5. The van der Waals surface area contributed by atoms with Crippen LogP contribution in [0.5, 0.6) is 0 Å². The topological polar surface area (TPSA) is 72.7 Å². The molecule has 2 aromatic carbocycles. The molecule has 6 heteroatoms. The van der Waals surface area contributed by atoms with Crippen LogP contribution in [-0.2, 0) is 11.3 Å². The summed E-state index contributed by atoms with van der Waals surface area (Å²) in [6.45, 7) is 2.19. The van der Waals surface area contributed by atoms with Crippen molar-refractivity contribution in [3.8, 4) is 0 Å². The average Bonchev–Trinajstić information content (AvgIpc) is 3.05. The maximum atomic E-state index is 12.7. The van der Waals surface area contributed by atoms with E-state index in [2.05, 4.69) is 20.8 Å². The van der Waals surface area contributed by atoms with Gasteiger partial charge in [-0.15, -0.1) is 5.10 Å². The van der Waals surface area contributed by atoms with E-state index in [0.29, 0.717) is 18.1 Å². The smallest absolute Gasteiger partial charge is 0.270 e. The summed E-state index contributed by atoms with van der Waals surface area (Å²) in [4.78, 5) is 12.7. The number of nitrogens with zero attached hydrogens (tertiary/aromatic N) is 4. The molecule has 24 heavy (non-hydrogen) atoms. The molecule has 1 N–H and O–H groups in total. The van der Waals surface area contributed by atoms with Crippen molar-refractivity contribution >= 4 is 17.7 Å². The van der Waals surface area contributed by atoms with Gasteiger partial charge in [-0.25, -0.2) is 0 Å². The molecule has 6 nitrogen and oxygen atoms in total. The van der Waals surface area contributed by atoms with Crippen LogP contribution < -0.4 is 5.32 Å². The predicted molar refractivity (Wildman–Crippen MR) is 91.5 cm³/mol. The molecule has 0 atom stereocenters. The van der Waals surface area contributed by atoms with Gasteiger partial charge in [-0.1, -0.05) is 60.7 Å². The second kappa shape index (κ2) is 7.32. The monoisotopic (exact) mass is 319 g/mol. The summed E-state index contributed by atoms with van der Waals surface area (Å²) in [5.41, 5.74) is 2.30. The van der Waals surface area contributed by atoms with Gasteiger partial charge in [-0.3, -0.25) is 4.79 Å². The molecule has 0 bridgehead atoms. The average molecular weight is 319 g/mol. The molecular weight excluding hydrogens is 302 g/mol. The highest BCUT2D eigenvalue weighted by atomic mass is 16.2. The number of hydrogen-bond acceptors (Lipinski definition) is 4. The first-order valence-corrected chi connectivity index (χ1v) is 7.58. The predicted octanol–water partition coefficient (Wildman–Crippen LogP) is 2.30. The van der Waals surface area contributed by atoms with Crippen molar-refractivity contribution < 1.29 is 4.79 Å². The van der Waals surface area contributed by atoms with Gasteiger partial charge in [-0.05, 0) is 34.6 Å². The van der Waals surface area contributed by atoms with Gasteiger partial charge in [0, 0.05) is 6.54 Å². The second-order valence-corrected chi connectivity index (χ2v) is 5.25. The molecule has 0 fully saturated rings. The normalized spacial score (nSPS) is 11.3. The molecule has 0 saturated heterocycles. The van der Waals surface area contributed by atoms with E-state index in [4.69, 9.17) is 0 Å². The lowest BCUT2D eigenvalue weighted by atomic mass is 10.2. The SMILES string of the molecule is Cc1nnnn1/C(=C/c1ccccc1)C(=O)NCc1ccccc1. The summed E-state index contributed by atoms with van der Waals surface area (Å²) < 4.78 is 1.44. The minimum atomic E-state index is -0.238. The molecule has 120 valence electrons. The Kier molecular flexibility index (Phi) is 4.76. The lowest BCUT2D eigenvalue weighted by molar-refractivity contribution is -0.116. The van der Waals surface area contributed by atoms with Crippen LogP contribution in [0.2, 0.25) is 0 Å². The third-order valence-corrected chi connectivity index (χ3v) is 3.49. The zero-order valence-electron chi connectivity index (χ0n) is 13.3. The van der Waals surface area contributed by atoms with Gasteiger partial charge in [0.2, 0.25) is 0 Å². The van der Waals surface area contributed by atoms with Crippen LogP contribution in [0.3, 0.4) is 0 Å². The Labute approximate surface area is 139 Å². The molecule has 0 spiro atoms. The van der Waals surface area contributed by atoms with Gasteiger partial charge in [0.15, 0.2) is 5.82 Å². The van der Waals surface area contributed by atoms with Crippen LogP contribution >= 0.6 is 0 Å². The summed E-state index contributed by atoms with van der Waals surface area (Å²) in [7, 11) is 0. The molecule has 0 aliphatic carbocycles. The maximum Gasteiger partial charge on any atom is 0.270 e. The number of amides is 1. The Hall–Kier alpha value is -3.28. The third kappa shape index (κ3) is 3.73. The first kappa shape index (κ1) is 15.6. The van der Waals surface area contributed by atoms with Gasteiger partial charge in [0.1, 0.15) is 5.70 Å². The quantitative estimate of drug-likeness (QED) is 0.732. The van der Waals surface area contributed by atoms with E-state index in [1.165, 1.54) is 4.68 Å². The summed E-state index contributed by atoms with van der Waals surface area (Å²) in [6, 6.07) is 19.3. The zero-order valence-corrected chi connectivity index (χ0v) is 13.3. The van der Waals surface area contributed by atoms with Crippen LogP contribution in [0.15, 0.2) is 60.7 Å². The Balaban J connectivity index is 1.86. The number of aryl methyl sites for hydroxylation is 1. The molecule has 0 aliphatic heterocycles. The second-order valence-electron chi connectivity index (χ2n) is 5.25. The number of nitrogens with one attached hydrogen (secondary N) is 1. The molecule has 0 aliphatic rings. The van der Waals surface area contributed by atoms with Crippen molar-refractivity contribution in [3.63, 3.8) is 0 Å². The van der Waals surface area contributed by atoms with Crippen molar-refractivity contribution in [2.75, 3.05) is 0 Å². The largest absolute Gasteiger partial charge is 0.347 e. The number of tetrazole rings is 1. The molecule has 0 saturated carbocycles. The number of aromatic nitrogens is 4. The number of hydrogen-bond donors (Lipinski definition) is 1. The molecule has 1 aromatic heterocycles. The standard InChI is InChI=1S/C18H17N5O/c1-14-20-21-22-23(14)17(12-15-8-4-2-5-9-15)18(24)19-13-16-10-6-3-7-11-16/h2-12H,13H2,1H3,(H,19,24)/b17-12+. The highest BCUT2D eigenvalue weighted by Gasteiger charge is 2.15. The van der Waals surface area contributed by atoms with Crippen molar-refractivity contribution in [1.29, 1.82) is 0 Å². The highest BCUT2D eigenvalue weighted by molar-refractivity contribution is 6.18. The van der Waals surface area contributed by atoms with Gasteiger partial charge in [0.25, 0.3) is 5.91 Å². The van der Waals surface area contributed by atoms with Gasteiger partial charge in [0.05, 0.1) is 0 Å². The summed E-state index contributed by atoms with van der Waals surface area (Å²) >= 11 is 0. The Morgan fingerprint density at radius 3 is 2.38 bits per heavy atom. The van der Waals surface area contributed by atoms with Crippen LogP contribution in [0.4, 0.5) is 0 Å². The van der Waals surface area contributed by atoms with Crippen molar-refractivity contribution in [2.24, 2.45) is 0 Å². The number of benzene rings is 2. The van der Waals surface area contributed by atoms with Gasteiger partial charge in [-0.2, -0.15) is 4.68 Å². The number of carbonyl (C=O) groups excluding carboxylic acids is 1. The fraction of sp³-hybridized carbons (Fsp3) is 0.111. The molecule has 1 heterocycles. The van der Waals surface area contributed by atoms with E-state index < -0.39 is 0 Å². The van der Waals surface area contributed by atoms with Crippen molar-refractivity contribution in [1.82, 2.24) is 25.5 Å². The third-order valence-electron chi connectivity index (χ3n) is 3.49. The molecule has 1 amide bonds. The zero-order chi connectivity index (χ0) is 16.8. The lowest BCUT2D eigenvalue weighted by Gasteiger charge is -2.10. The molecular formula is C18H17N5O. The van der Waals surface area contributed by atoms with Crippen molar-refractivity contribution in [2.45, 2.75) is 13.5 Å².